The number of ether oxygens (including phenoxy) is 1. The molecule has 1 aliphatic rings. The van der Waals surface area contributed by atoms with E-state index < -0.39 is 0 Å². The van der Waals surface area contributed by atoms with Gasteiger partial charge < -0.3 is 19.5 Å². The van der Waals surface area contributed by atoms with Crippen LogP contribution in [0, 0.1) is 13.8 Å². The molecule has 0 saturated carbocycles. The highest BCUT2D eigenvalue weighted by Crippen LogP contribution is 2.24. The highest BCUT2D eigenvalue weighted by Gasteiger charge is 2.17. The Kier molecular flexibility index (Phi) is 5.30. The minimum Gasteiger partial charge on any atom is -0.378 e. The van der Waals surface area contributed by atoms with Crippen molar-refractivity contribution in [1.29, 1.82) is 0 Å². The summed E-state index contributed by atoms with van der Waals surface area (Å²) in [5.41, 5.74) is 2.21. The first kappa shape index (κ1) is 16.4. The second kappa shape index (κ2) is 7.42. The van der Waals surface area contributed by atoms with Gasteiger partial charge in [0.25, 0.3) is 0 Å². The first-order valence-electron chi connectivity index (χ1n) is 8.06. The maximum Gasteiger partial charge on any atom is 0.185 e. The average Bonchev–Trinajstić information content (AvgIpc) is 3.15. The summed E-state index contributed by atoms with van der Waals surface area (Å²) in [5.74, 6) is 1.30. The molecule has 0 spiro atoms. The molecule has 23 heavy (non-hydrogen) atoms. The molecule has 1 saturated heterocycles. The van der Waals surface area contributed by atoms with Gasteiger partial charge in [0.15, 0.2) is 5.13 Å². The van der Waals surface area contributed by atoms with Crippen molar-refractivity contribution in [3.8, 4) is 0 Å². The molecular formula is C16H24N4O2S. The number of aromatic nitrogens is 2. The van der Waals surface area contributed by atoms with Crippen LogP contribution in [0.5, 0.6) is 0 Å². The number of hydrogen-bond acceptors (Lipinski definition) is 7. The number of morpholine rings is 1. The van der Waals surface area contributed by atoms with Crippen LogP contribution >= 0.6 is 11.3 Å². The lowest BCUT2D eigenvalue weighted by Gasteiger charge is -2.25. The van der Waals surface area contributed by atoms with Gasteiger partial charge in [-0.3, -0.25) is 0 Å². The fourth-order valence-electron chi connectivity index (χ4n) is 2.99. The molecular weight excluding hydrogens is 312 g/mol. The van der Waals surface area contributed by atoms with Crippen molar-refractivity contribution in [1.82, 2.24) is 15.5 Å². The SMILES string of the molecule is Cc1noc(C)c1C(C)CNCc1cnc(N2CCOCC2)s1. The number of thiazole rings is 1. The summed E-state index contributed by atoms with van der Waals surface area (Å²) in [6, 6.07) is 0. The number of hydrogen-bond donors (Lipinski definition) is 1. The zero-order chi connectivity index (χ0) is 16.2. The van der Waals surface area contributed by atoms with E-state index in [1.165, 1.54) is 10.4 Å². The standard InChI is InChI=1S/C16H24N4O2S/c1-11(15-12(2)19-22-13(15)3)8-17-9-14-10-18-16(23-14)20-4-6-21-7-5-20/h10-11,17H,4-9H2,1-3H3. The van der Waals surface area contributed by atoms with Gasteiger partial charge in [-0.25, -0.2) is 4.98 Å². The van der Waals surface area contributed by atoms with E-state index in [-0.39, 0.29) is 0 Å². The summed E-state index contributed by atoms with van der Waals surface area (Å²) in [4.78, 5) is 8.10. The first-order chi connectivity index (χ1) is 11.1. The highest BCUT2D eigenvalue weighted by atomic mass is 32.1. The summed E-state index contributed by atoms with van der Waals surface area (Å²) < 4.78 is 10.6. The predicted octanol–water partition coefficient (Wildman–Crippen LogP) is 2.48. The van der Waals surface area contributed by atoms with Gasteiger partial charge in [-0.1, -0.05) is 12.1 Å². The van der Waals surface area contributed by atoms with Crippen molar-refractivity contribution in [3.05, 3.63) is 28.1 Å². The van der Waals surface area contributed by atoms with Crippen LogP contribution in [-0.4, -0.2) is 43.0 Å². The van der Waals surface area contributed by atoms with Gasteiger partial charge in [0.1, 0.15) is 5.76 Å². The van der Waals surface area contributed by atoms with Crippen molar-refractivity contribution in [2.75, 3.05) is 37.7 Å². The maximum absolute atomic E-state index is 5.38. The summed E-state index contributed by atoms with van der Waals surface area (Å²) in [6.07, 6.45) is 1.98. The normalized spacial score (nSPS) is 16.7. The summed E-state index contributed by atoms with van der Waals surface area (Å²) in [7, 11) is 0. The molecule has 7 heteroatoms. The van der Waals surface area contributed by atoms with Crippen molar-refractivity contribution in [3.63, 3.8) is 0 Å². The molecule has 6 nitrogen and oxygen atoms in total. The molecule has 126 valence electrons. The number of anilines is 1. The van der Waals surface area contributed by atoms with E-state index in [0.717, 1.165) is 56.0 Å². The Morgan fingerprint density at radius 1 is 1.35 bits per heavy atom. The lowest BCUT2D eigenvalue weighted by molar-refractivity contribution is 0.122. The Morgan fingerprint density at radius 3 is 2.83 bits per heavy atom. The molecule has 1 N–H and O–H groups in total. The van der Waals surface area contributed by atoms with Crippen LogP contribution in [0.3, 0.4) is 0 Å². The molecule has 2 aromatic heterocycles. The predicted molar refractivity (Wildman–Crippen MR) is 91.2 cm³/mol. The Bertz CT molecular complexity index is 614. The molecule has 1 atom stereocenters. The molecule has 0 aromatic carbocycles. The third kappa shape index (κ3) is 3.91. The van der Waals surface area contributed by atoms with Crippen LogP contribution in [0.2, 0.25) is 0 Å². The van der Waals surface area contributed by atoms with Crippen molar-refractivity contribution < 1.29 is 9.26 Å². The van der Waals surface area contributed by atoms with Crippen LogP contribution in [0.4, 0.5) is 5.13 Å². The van der Waals surface area contributed by atoms with E-state index in [0.29, 0.717) is 5.92 Å². The minimum absolute atomic E-state index is 0.382. The second-order valence-electron chi connectivity index (χ2n) is 5.98. The van der Waals surface area contributed by atoms with Gasteiger partial charge in [0.2, 0.25) is 0 Å². The lowest BCUT2D eigenvalue weighted by Crippen LogP contribution is -2.36. The van der Waals surface area contributed by atoms with Gasteiger partial charge in [0, 0.05) is 42.8 Å². The van der Waals surface area contributed by atoms with E-state index >= 15 is 0 Å². The quantitative estimate of drug-likeness (QED) is 0.874. The number of aryl methyl sites for hydroxylation is 2. The Morgan fingerprint density at radius 2 is 2.13 bits per heavy atom. The van der Waals surface area contributed by atoms with Crippen LogP contribution < -0.4 is 10.2 Å². The zero-order valence-corrected chi connectivity index (χ0v) is 14.8. The molecule has 1 fully saturated rings. The van der Waals surface area contributed by atoms with Crippen molar-refractivity contribution in [2.45, 2.75) is 33.2 Å². The Hall–Kier alpha value is -1.44. The first-order valence-corrected chi connectivity index (χ1v) is 8.87. The van der Waals surface area contributed by atoms with E-state index in [1.807, 2.05) is 20.0 Å². The number of nitrogens with one attached hydrogen (secondary N) is 1. The summed E-state index contributed by atoms with van der Waals surface area (Å²) in [6.45, 7) is 11.4. The third-order valence-electron chi connectivity index (χ3n) is 4.15. The Balaban J connectivity index is 1.50. The second-order valence-corrected chi connectivity index (χ2v) is 7.07. The summed E-state index contributed by atoms with van der Waals surface area (Å²) >= 11 is 1.76. The number of nitrogens with zero attached hydrogens (tertiary/aromatic N) is 3. The zero-order valence-electron chi connectivity index (χ0n) is 14.0. The van der Waals surface area contributed by atoms with Crippen LogP contribution in [0.25, 0.3) is 0 Å². The van der Waals surface area contributed by atoms with Gasteiger partial charge in [-0.15, -0.1) is 11.3 Å². The molecule has 0 bridgehead atoms. The fourth-order valence-corrected chi connectivity index (χ4v) is 3.92. The van der Waals surface area contributed by atoms with Gasteiger partial charge >= 0.3 is 0 Å². The lowest BCUT2D eigenvalue weighted by atomic mass is 10.00. The van der Waals surface area contributed by atoms with E-state index in [2.05, 4.69) is 27.3 Å². The van der Waals surface area contributed by atoms with Gasteiger partial charge in [-0.05, 0) is 19.8 Å². The molecule has 0 amide bonds. The Labute approximate surface area is 140 Å². The maximum atomic E-state index is 5.38. The number of rotatable bonds is 6. The summed E-state index contributed by atoms with van der Waals surface area (Å²) in [5, 5.41) is 8.65. The van der Waals surface area contributed by atoms with Crippen molar-refractivity contribution in [2.24, 2.45) is 0 Å². The molecule has 3 rings (SSSR count). The highest BCUT2D eigenvalue weighted by molar-refractivity contribution is 7.15. The fraction of sp³-hybridized carbons (Fsp3) is 0.625. The van der Waals surface area contributed by atoms with Crippen LogP contribution in [-0.2, 0) is 11.3 Å². The molecule has 0 aliphatic carbocycles. The minimum atomic E-state index is 0.382. The smallest absolute Gasteiger partial charge is 0.185 e. The van der Waals surface area contributed by atoms with E-state index in [4.69, 9.17) is 9.26 Å². The van der Waals surface area contributed by atoms with Gasteiger partial charge in [-0.2, -0.15) is 0 Å². The molecule has 0 radical (unpaired) electrons. The van der Waals surface area contributed by atoms with Crippen molar-refractivity contribution >= 4 is 16.5 Å². The van der Waals surface area contributed by atoms with E-state index in [9.17, 15) is 0 Å². The molecule has 2 aromatic rings. The molecule has 3 heterocycles. The average molecular weight is 336 g/mol. The monoisotopic (exact) mass is 336 g/mol. The molecule has 1 unspecified atom stereocenters. The van der Waals surface area contributed by atoms with Crippen LogP contribution in [0.1, 0.15) is 34.7 Å². The topological polar surface area (TPSA) is 63.4 Å². The van der Waals surface area contributed by atoms with E-state index in [1.54, 1.807) is 11.3 Å². The largest absolute Gasteiger partial charge is 0.378 e. The third-order valence-corrected chi connectivity index (χ3v) is 5.21. The van der Waals surface area contributed by atoms with Gasteiger partial charge in [0.05, 0.1) is 18.9 Å². The molecule has 1 aliphatic heterocycles. The van der Waals surface area contributed by atoms with Crippen LogP contribution in [0.15, 0.2) is 10.7 Å².